The maximum absolute atomic E-state index is 12.1. The molecule has 27 heavy (non-hydrogen) atoms. The molecule has 2 aromatic rings. The topological polar surface area (TPSA) is 99.4 Å². The molecular weight excluding hydrogens is 384 g/mol. The molecule has 1 fully saturated rings. The molecule has 146 valence electrons. The summed E-state index contributed by atoms with van der Waals surface area (Å²) in [6, 6.07) is 0. The van der Waals surface area contributed by atoms with E-state index in [1.807, 2.05) is 0 Å². The van der Waals surface area contributed by atoms with Gasteiger partial charge in [0.15, 0.2) is 5.16 Å². The van der Waals surface area contributed by atoms with Gasteiger partial charge in [-0.25, -0.2) is 9.97 Å². The van der Waals surface area contributed by atoms with Crippen molar-refractivity contribution in [2.75, 3.05) is 24.6 Å². The number of nitrogens with two attached hydrogens (primary N) is 1. The fraction of sp³-hybridized carbons (Fsp3) is 0.611. The average molecular weight is 409 g/mol. The Morgan fingerprint density at radius 1 is 1.44 bits per heavy atom. The molecular formula is C18H24N4O3S2. The highest BCUT2D eigenvalue weighted by Crippen LogP contribution is 2.40. The fourth-order valence-corrected chi connectivity index (χ4v) is 5.28. The highest BCUT2D eigenvalue weighted by molar-refractivity contribution is 7.99. The molecule has 0 saturated carbocycles. The number of thiophene rings is 1. The third-order valence-corrected chi connectivity index (χ3v) is 6.77. The molecule has 2 aromatic heterocycles. The molecule has 4 heterocycles. The van der Waals surface area contributed by atoms with Crippen molar-refractivity contribution in [3.8, 4) is 0 Å². The van der Waals surface area contributed by atoms with Crippen molar-refractivity contribution in [2.24, 2.45) is 0 Å². The van der Waals surface area contributed by atoms with Gasteiger partial charge in [-0.1, -0.05) is 11.8 Å². The maximum atomic E-state index is 12.1. The minimum Gasteiger partial charge on any atom is -0.383 e. The Morgan fingerprint density at radius 3 is 3.07 bits per heavy atom. The first-order chi connectivity index (χ1) is 12.9. The number of fused-ring (bicyclic) bond motifs is 3. The van der Waals surface area contributed by atoms with Gasteiger partial charge in [0, 0.05) is 24.4 Å². The first-order valence-corrected chi connectivity index (χ1v) is 10.9. The van der Waals surface area contributed by atoms with E-state index >= 15 is 0 Å². The predicted molar refractivity (Wildman–Crippen MR) is 107 cm³/mol. The summed E-state index contributed by atoms with van der Waals surface area (Å²) >= 11 is 2.91. The second-order valence-corrected chi connectivity index (χ2v) is 9.55. The first kappa shape index (κ1) is 18.9. The van der Waals surface area contributed by atoms with E-state index in [4.69, 9.17) is 15.2 Å². The number of ether oxygens (including phenoxy) is 2. The third kappa shape index (κ3) is 4.21. The van der Waals surface area contributed by atoms with E-state index in [0.29, 0.717) is 24.1 Å². The van der Waals surface area contributed by atoms with Gasteiger partial charge in [0.2, 0.25) is 5.91 Å². The molecule has 4 rings (SSSR count). The van der Waals surface area contributed by atoms with E-state index in [9.17, 15) is 4.79 Å². The number of rotatable bonds is 5. The lowest BCUT2D eigenvalue weighted by Crippen LogP contribution is -2.32. The standard InChI is InChI=1S/C18H24N4O3S2/c1-18(2)6-11-12(8-25-18)27-16-14(11)15(19)21-17(22-16)26-9-13(23)20-7-10-4-3-5-24-10/h10H,3-9H2,1-2H3,(H,20,23)(H2,19,21,22)/t10-/m1/s1. The number of nitrogens with zero attached hydrogens (tertiary/aromatic N) is 2. The lowest BCUT2D eigenvalue weighted by molar-refractivity contribution is -0.119. The van der Waals surface area contributed by atoms with Crippen LogP contribution in [0.15, 0.2) is 5.16 Å². The van der Waals surface area contributed by atoms with Crippen LogP contribution in [-0.4, -0.2) is 46.5 Å². The molecule has 1 saturated heterocycles. The summed E-state index contributed by atoms with van der Waals surface area (Å²) < 4.78 is 11.4. The number of thioether (sulfide) groups is 1. The molecule has 2 aliphatic heterocycles. The van der Waals surface area contributed by atoms with Crippen LogP contribution in [0.2, 0.25) is 0 Å². The van der Waals surface area contributed by atoms with Crippen molar-refractivity contribution in [3.05, 3.63) is 10.4 Å². The van der Waals surface area contributed by atoms with E-state index in [0.717, 1.165) is 36.1 Å². The smallest absolute Gasteiger partial charge is 0.230 e. The van der Waals surface area contributed by atoms with Gasteiger partial charge in [0.25, 0.3) is 0 Å². The number of amides is 1. The Balaban J connectivity index is 1.43. The van der Waals surface area contributed by atoms with Crippen molar-refractivity contribution < 1.29 is 14.3 Å². The van der Waals surface area contributed by atoms with Gasteiger partial charge in [-0.3, -0.25) is 4.79 Å². The average Bonchev–Trinajstić information content (AvgIpc) is 3.24. The molecule has 3 N–H and O–H groups in total. The van der Waals surface area contributed by atoms with Crippen LogP contribution < -0.4 is 11.1 Å². The summed E-state index contributed by atoms with van der Waals surface area (Å²) in [6.07, 6.45) is 3.02. The van der Waals surface area contributed by atoms with Gasteiger partial charge < -0.3 is 20.5 Å². The van der Waals surface area contributed by atoms with Gasteiger partial charge in [0.05, 0.1) is 29.5 Å². The molecule has 2 aliphatic rings. The summed E-state index contributed by atoms with van der Waals surface area (Å²) in [4.78, 5) is 23.2. The molecule has 1 amide bonds. The highest BCUT2D eigenvalue weighted by atomic mass is 32.2. The normalized spacial score (nSPS) is 21.3. The SMILES string of the molecule is CC1(C)Cc2c(sc3nc(SCC(=O)NC[C@H]4CCCO4)nc(N)c23)CO1. The molecule has 7 nitrogen and oxygen atoms in total. The van der Waals surface area contributed by atoms with Crippen LogP contribution >= 0.6 is 23.1 Å². The summed E-state index contributed by atoms with van der Waals surface area (Å²) in [5, 5.41) is 4.39. The first-order valence-electron chi connectivity index (χ1n) is 9.14. The van der Waals surface area contributed by atoms with Crippen molar-refractivity contribution in [2.45, 2.75) is 56.6 Å². The lowest BCUT2D eigenvalue weighted by atomic mass is 9.94. The highest BCUT2D eigenvalue weighted by Gasteiger charge is 2.30. The quantitative estimate of drug-likeness (QED) is 0.579. The molecule has 0 aromatic carbocycles. The number of nitrogen functional groups attached to an aromatic ring is 1. The number of carbonyl (C=O) groups is 1. The van der Waals surface area contributed by atoms with Crippen LogP contribution in [0.1, 0.15) is 37.1 Å². The van der Waals surface area contributed by atoms with Crippen LogP contribution in [-0.2, 0) is 27.3 Å². The minimum atomic E-state index is -0.206. The Morgan fingerprint density at radius 2 is 2.30 bits per heavy atom. The van der Waals surface area contributed by atoms with Gasteiger partial charge in [-0.15, -0.1) is 11.3 Å². The summed E-state index contributed by atoms with van der Waals surface area (Å²) in [7, 11) is 0. The Bertz CT molecular complexity index is 862. The minimum absolute atomic E-state index is 0.0432. The Kier molecular flexibility index (Phi) is 5.28. The van der Waals surface area contributed by atoms with Gasteiger partial charge in [0.1, 0.15) is 10.6 Å². The van der Waals surface area contributed by atoms with Crippen molar-refractivity contribution in [1.29, 1.82) is 0 Å². The van der Waals surface area contributed by atoms with Crippen LogP contribution in [0.3, 0.4) is 0 Å². The van der Waals surface area contributed by atoms with Gasteiger partial charge in [-0.05, 0) is 32.3 Å². The molecule has 0 radical (unpaired) electrons. The summed E-state index contributed by atoms with van der Waals surface area (Å²) in [5.74, 6) is 0.703. The molecule has 0 aliphatic carbocycles. The van der Waals surface area contributed by atoms with E-state index in [-0.39, 0.29) is 23.4 Å². The number of aromatic nitrogens is 2. The Labute approximate surface area is 166 Å². The second-order valence-electron chi connectivity index (χ2n) is 7.53. The van der Waals surface area contributed by atoms with Gasteiger partial charge >= 0.3 is 0 Å². The summed E-state index contributed by atoms with van der Waals surface area (Å²) in [6.45, 7) is 6.09. The number of carbonyl (C=O) groups excluding carboxylic acids is 1. The largest absolute Gasteiger partial charge is 0.383 e. The van der Waals surface area contributed by atoms with Crippen molar-refractivity contribution in [3.63, 3.8) is 0 Å². The molecule has 0 spiro atoms. The summed E-state index contributed by atoms with van der Waals surface area (Å²) in [5.41, 5.74) is 7.24. The van der Waals surface area contributed by atoms with Crippen LogP contribution in [0.4, 0.5) is 5.82 Å². The van der Waals surface area contributed by atoms with E-state index in [2.05, 4.69) is 29.1 Å². The van der Waals surface area contributed by atoms with Crippen LogP contribution in [0.5, 0.6) is 0 Å². The fourth-order valence-electron chi connectivity index (χ4n) is 3.43. The van der Waals surface area contributed by atoms with Crippen molar-refractivity contribution >= 4 is 45.0 Å². The zero-order chi connectivity index (χ0) is 19.0. The van der Waals surface area contributed by atoms with Crippen LogP contribution in [0.25, 0.3) is 10.2 Å². The van der Waals surface area contributed by atoms with Crippen molar-refractivity contribution in [1.82, 2.24) is 15.3 Å². The van der Waals surface area contributed by atoms with Crippen LogP contribution in [0, 0.1) is 0 Å². The van der Waals surface area contributed by atoms with E-state index in [1.165, 1.54) is 22.2 Å². The van der Waals surface area contributed by atoms with Gasteiger partial charge in [-0.2, -0.15) is 0 Å². The zero-order valence-electron chi connectivity index (χ0n) is 15.5. The number of nitrogens with one attached hydrogen (secondary N) is 1. The number of anilines is 1. The monoisotopic (exact) mass is 408 g/mol. The molecule has 0 bridgehead atoms. The molecule has 9 heteroatoms. The number of hydrogen-bond donors (Lipinski definition) is 2. The Hall–Kier alpha value is -1.42. The second kappa shape index (κ2) is 7.54. The third-order valence-electron chi connectivity index (χ3n) is 4.82. The zero-order valence-corrected chi connectivity index (χ0v) is 17.2. The lowest BCUT2D eigenvalue weighted by Gasteiger charge is -2.30. The predicted octanol–water partition coefficient (Wildman–Crippen LogP) is 2.51. The maximum Gasteiger partial charge on any atom is 0.230 e. The number of hydrogen-bond acceptors (Lipinski definition) is 8. The molecule has 0 unspecified atom stereocenters. The van der Waals surface area contributed by atoms with E-state index in [1.54, 1.807) is 11.3 Å². The van der Waals surface area contributed by atoms with E-state index < -0.39 is 0 Å². The molecule has 1 atom stereocenters.